The highest BCUT2D eigenvalue weighted by Gasteiger charge is 2.29. The predicted molar refractivity (Wildman–Crippen MR) is 102 cm³/mol. The van der Waals surface area contributed by atoms with Crippen LogP contribution in [0, 0.1) is 11.8 Å². The molecule has 25 heavy (non-hydrogen) atoms. The summed E-state index contributed by atoms with van der Waals surface area (Å²) in [6.45, 7) is 4.58. The van der Waals surface area contributed by atoms with E-state index in [4.69, 9.17) is 4.42 Å². The van der Waals surface area contributed by atoms with Crippen LogP contribution in [0.2, 0.25) is 0 Å². The number of allylic oxidation sites excluding steroid dienone is 1. The van der Waals surface area contributed by atoms with Gasteiger partial charge in [0.25, 0.3) is 0 Å². The standard InChI is InChI=1S/C24H20O/c1-24(2)15-14-20(23-9-6-16-25-23)21-17-19(12-13-22(21)24)11-10-18-7-4-3-5-8-18/h3-9,12-14,16-17H,15H2,1-2H3. The van der Waals surface area contributed by atoms with Crippen LogP contribution >= 0.6 is 0 Å². The maximum absolute atomic E-state index is 5.66. The third kappa shape index (κ3) is 3.04. The number of rotatable bonds is 1. The van der Waals surface area contributed by atoms with Crippen LogP contribution in [0.25, 0.3) is 5.57 Å². The van der Waals surface area contributed by atoms with E-state index in [-0.39, 0.29) is 5.41 Å². The minimum Gasteiger partial charge on any atom is -0.464 e. The molecule has 1 nitrogen and oxygen atoms in total. The molecule has 1 aliphatic rings. The van der Waals surface area contributed by atoms with Crippen LogP contribution in [0.15, 0.2) is 77.4 Å². The molecule has 1 heterocycles. The molecule has 0 fully saturated rings. The third-order valence-corrected chi connectivity index (χ3v) is 4.77. The molecule has 0 unspecified atom stereocenters. The largest absolute Gasteiger partial charge is 0.464 e. The van der Waals surface area contributed by atoms with Gasteiger partial charge in [0, 0.05) is 16.7 Å². The Morgan fingerprint density at radius 1 is 0.880 bits per heavy atom. The first-order valence-corrected chi connectivity index (χ1v) is 8.59. The monoisotopic (exact) mass is 324 g/mol. The van der Waals surface area contributed by atoms with Crippen molar-refractivity contribution < 1.29 is 4.42 Å². The maximum Gasteiger partial charge on any atom is 0.134 e. The van der Waals surface area contributed by atoms with Crippen LogP contribution in [0.1, 0.15) is 48.3 Å². The van der Waals surface area contributed by atoms with E-state index in [1.807, 2.05) is 42.5 Å². The third-order valence-electron chi connectivity index (χ3n) is 4.77. The summed E-state index contributed by atoms with van der Waals surface area (Å²) in [5, 5.41) is 0. The quantitative estimate of drug-likeness (QED) is 0.516. The highest BCUT2D eigenvalue weighted by atomic mass is 16.3. The van der Waals surface area contributed by atoms with Gasteiger partial charge in [0.2, 0.25) is 0 Å². The maximum atomic E-state index is 5.66. The van der Waals surface area contributed by atoms with Gasteiger partial charge in [-0.2, -0.15) is 0 Å². The van der Waals surface area contributed by atoms with Crippen molar-refractivity contribution in [2.45, 2.75) is 25.7 Å². The molecule has 2 aromatic carbocycles. The Kier molecular flexibility index (Phi) is 3.82. The van der Waals surface area contributed by atoms with E-state index in [9.17, 15) is 0 Å². The smallest absolute Gasteiger partial charge is 0.134 e. The number of furan rings is 1. The lowest BCUT2D eigenvalue weighted by atomic mass is 9.72. The zero-order chi connectivity index (χ0) is 17.3. The van der Waals surface area contributed by atoms with Crippen molar-refractivity contribution >= 4 is 5.57 Å². The lowest BCUT2D eigenvalue weighted by Crippen LogP contribution is -2.21. The van der Waals surface area contributed by atoms with E-state index in [1.54, 1.807) is 6.26 Å². The first kappa shape index (κ1) is 15.5. The molecule has 0 aliphatic heterocycles. The number of hydrogen-bond acceptors (Lipinski definition) is 1. The summed E-state index contributed by atoms with van der Waals surface area (Å²) >= 11 is 0. The van der Waals surface area contributed by atoms with Crippen molar-refractivity contribution in [1.82, 2.24) is 0 Å². The first-order chi connectivity index (χ1) is 12.1. The van der Waals surface area contributed by atoms with Gasteiger partial charge in [-0.1, -0.05) is 56.0 Å². The minimum absolute atomic E-state index is 0.122. The highest BCUT2D eigenvalue weighted by molar-refractivity contribution is 5.82. The van der Waals surface area contributed by atoms with E-state index in [0.717, 1.165) is 23.3 Å². The average Bonchev–Trinajstić information content (AvgIpc) is 3.15. The summed E-state index contributed by atoms with van der Waals surface area (Å²) in [6.07, 6.45) is 5.02. The molecular formula is C24H20O. The molecular weight excluding hydrogens is 304 g/mol. The Bertz CT molecular complexity index is 978. The van der Waals surface area contributed by atoms with Crippen molar-refractivity contribution in [3.63, 3.8) is 0 Å². The molecule has 122 valence electrons. The summed E-state index contributed by atoms with van der Waals surface area (Å²) in [5.74, 6) is 7.46. The minimum atomic E-state index is 0.122. The molecule has 0 bridgehead atoms. The molecule has 3 aromatic rings. The molecule has 0 N–H and O–H groups in total. The molecule has 0 saturated heterocycles. The van der Waals surface area contributed by atoms with Gasteiger partial charge in [-0.05, 0) is 59.4 Å². The van der Waals surface area contributed by atoms with Gasteiger partial charge >= 0.3 is 0 Å². The van der Waals surface area contributed by atoms with Crippen molar-refractivity contribution in [2.24, 2.45) is 0 Å². The zero-order valence-electron chi connectivity index (χ0n) is 14.5. The topological polar surface area (TPSA) is 13.1 Å². The molecule has 0 atom stereocenters. The van der Waals surface area contributed by atoms with Gasteiger partial charge < -0.3 is 4.42 Å². The Labute approximate surface area is 149 Å². The fourth-order valence-corrected chi connectivity index (χ4v) is 3.34. The molecule has 1 heteroatoms. The molecule has 4 rings (SSSR count). The van der Waals surface area contributed by atoms with Gasteiger partial charge in [0.1, 0.15) is 5.76 Å². The second kappa shape index (κ2) is 6.15. The normalized spacial score (nSPS) is 14.9. The second-order valence-electron chi connectivity index (χ2n) is 7.06. The van der Waals surface area contributed by atoms with Crippen molar-refractivity contribution in [1.29, 1.82) is 0 Å². The van der Waals surface area contributed by atoms with Gasteiger partial charge in [-0.25, -0.2) is 0 Å². The van der Waals surface area contributed by atoms with Crippen molar-refractivity contribution in [3.05, 3.63) is 101 Å². The van der Waals surface area contributed by atoms with Crippen molar-refractivity contribution in [2.75, 3.05) is 0 Å². The van der Waals surface area contributed by atoms with Crippen LogP contribution in [0.5, 0.6) is 0 Å². The van der Waals surface area contributed by atoms with Crippen LogP contribution in [0.3, 0.4) is 0 Å². The fraction of sp³-hybridized carbons (Fsp3) is 0.167. The van der Waals surface area contributed by atoms with Crippen molar-refractivity contribution in [3.8, 4) is 11.8 Å². The highest BCUT2D eigenvalue weighted by Crippen LogP contribution is 2.41. The number of hydrogen-bond donors (Lipinski definition) is 0. The fourth-order valence-electron chi connectivity index (χ4n) is 3.34. The summed E-state index contributed by atoms with van der Waals surface area (Å²) in [7, 11) is 0. The lowest BCUT2D eigenvalue weighted by Gasteiger charge is -2.31. The SMILES string of the molecule is CC1(C)CC=C(c2ccco2)c2cc(C#Cc3ccccc3)ccc21. The lowest BCUT2D eigenvalue weighted by molar-refractivity contribution is 0.519. The second-order valence-corrected chi connectivity index (χ2v) is 7.06. The van der Waals surface area contributed by atoms with E-state index in [0.29, 0.717) is 0 Å². The van der Waals surface area contributed by atoms with E-state index >= 15 is 0 Å². The zero-order valence-corrected chi connectivity index (χ0v) is 14.5. The van der Waals surface area contributed by atoms with Crippen LogP contribution < -0.4 is 0 Å². The molecule has 0 amide bonds. The molecule has 1 aromatic heterocycles. The Morgan fingerprint density at radius 3 is 2.44 bits per heavy atom. The summed E-state index contributed by atoms with van der Waals surface area (Å²) in [5.41, 5.74) is 5.93. The molecule has 0 spiro atoms. The summed E-state index contributed by atoms with van der Waals surface area (Å²) < 4.78 is 5.66. The van der Waals surface area contributed by atoms with Crippen LogP contribution in [-0.4, -0.2) is 0 Å². The Hall–Kier alpha value is -2.98. The van der Waals surface area contributed by atoms with Gasteiger partial charge in [-0.3, -0.25) is 0 Å². The first-order valence-electron chi connectivity index (χ1n) is 8.59. The van der Waals surface area contributed by atoms with Gasteiger partial charge in [-0.15, -0.1) is 0 Å². The summed E-state index contributed by atoms with van der Waals surface area (Å²) in [4.78, 5) is 0. The van der Waals surface area contributed by atoms with Crippen LogP contribution in [0.4, 0.5) is 0 Å². The number of benzene rings is 2. The Morgan fingerprint density at radius 2 is 1.68 bits per heavy atom. The van der Waals surface area contributed by atoms with E-state index in [2.05, 4.69) is 50.0 Å². The Balaban J connectivity index is 1.79. The molecule has 0 saturated carbocycles. The summed E-state index contributed by atoms with van der Waals surface area (Å²) in [6, 6.07) is 20.6. The van der Waals surface area contributed by atoms with Gasteiger partial charge in [0.05, 0.1) is 6.26 Å². The van der Waals surface area contributed by atoms with E-state index in [1.165, 1.54) is 16.7 Å². The molecule has 0 radical (unpaired) electrons. The average molecular weight is 324 g/mol. The van der Waals surface area contributed by atoms with Gasteiger partial charge in [0.15, 0.2) is 0 Å². The number of fused-ring (bicyclic) bond motifs is 1. The molecule has 1 aliphatic carbocycles. The predicted octanol–water partition coefficient (Wildman–Crippen LogP) is 5.79. The van der Waals surface area contributed by atoms with Crippen LogP contribution in [-0.2, 0) is 5.41 Å². The van der Waals surface area contributed by atoms with E-state index < -0.39 is 0 Å².